The van der Waals surface area contributed by atoms with Gasteiger partial charge in [-0.3, -0.25) is 4.79 Å². The molecule has 2 unspecified atom stereocenters. The van der Waals surface area contributed by atoms with Crippen LogP contribution in [0.3, 0.4) is 0 Å². The standard InChI is InChI=1S/C6H12O3/c1-3-5(2)6(8)9-4-7/h4-6,8H,3H2,1-2H3. The first-order valence-corrected chi connectivity index (χ1v) is 2.99. The highest BCUT2D eigenvalue weighted by Crippen LogP contribution is 2.06. The second-order valence-corrected chi connectivity index (χ2v) is 2.01. The third kappa shape index (κ3) is 3.08. The van der Waals surface area contributed by atoms with Crippen LogP contribution < -0.4 is 0 Å². The Morgan fingerprint density at radius 3 is 2.67 bits per heavy atom. The largest absolute Gasteiger partial charge is 0.438 e. The second kappa shape index (κ2) is 4.32. The minimum Gasteiger partial charge on any atom is -0.438 e. The van der Waals surface area contributed by atoms with E-state index in [0.29, 0.717) is 0 Å². The molecule has 0 amide bonds. The van der Waals surface area contributed by atoms with E-state index in [1.54, 1.807) is 0 Å². The van der Waals surface area contributed by atoms with Gasteiger partial charge in [0.2, 0.25) is 6.29 Å². The lowest BCUT2D eigenvalue weighted by molar-refractivity contribution is -0.160. The molecule has 0 aromatic heterocycles. The van der Waals surface area contributed by atoms with Gasteiger partial charge in [-0.25, -0.2) is 0 Å². The van der Waals surface area contributed by atoms with Gasteiger partial charge >= 0.3 is 0 Å². The van der Waals surface area contributed by atoms with Gasteiger partial charge in [0, 0.05) is 5.92 Å². The van der Waals surface area contributed by atoms with Crippen molar-refractivity contribution in [2.24, 2.45) is 5.92 Å². The molecule has 0 spiro atoms. The quantitative estimate of drug-likeness (QED) is 0.448. The molecule has 0 rings (SSSR count). The van der Waals surface area contributed by atoms with Crippen LogP contribution >= 0.6 is 0 Å². The molecule has 0 aliphatic rings. The van der Waals surface area contributed by atoms with Crippen LogP contribution in [0.15, 0.2) is 0 Å². The molecule has 1 N–H and O–H groups in total. The summed E-state index contributed by atoms with van der Waals surface area (Å²) in [5.74, 6) is 0.0233. The molecule has 0 aromatic rings. The molecule has 3 heteroatoms. The highest BCUT2D eigenvalue weighted by atomic mass is 16.6. The van der Waals surface area contributed by atoms with E-state index in [9.17, 15) is 4.79 Å². The van der Waals surface area contributed by atoms with E-state index < -0.39 is 6.29 Å². The first kappa shape index (κ1) is 8.43. The van der Waals surface area contributed by atoms with Crippen LogP contribution in [-0.2, 0) is 9.53 Å². The van der Waals surface area contributed by atoms with Gasteiger partial charge < -0.3 is 9.84 Å². The van der Waals surface area contributed by atoms with Crippen LogP contribution in [0.25, 0.3) is 0 Å². The number of carbonyl (C=O) groups is 1. The lowest BCUT2D eigenvalue weighted by Gasteiger charge is -2.13. The van der Waals surface area contributed by atoms with E-state index in [0.717, 1.165) is 6.42 Å². The van der Waals surface area contributed by atoms with E-state index in [1.165, 1.54) is 0 Å². The number of hydrogen-bond donors (Lipinski definition) is 1. The molecule has 0 saturated heterocycles. The number of rotatable bonds is 4. The molecule has 0 fully saturated rings. The predicted octanol–water partition coefficient (Wildman–Crippen LogP) is 0.524. The summed E-state index contributed by atoms with van der Waals surface area (Å²) in [6.07, 6.45) is -0.137. The molecule has 2 atom stereocenters. The topological polar surface area (TPSA) is 46.5 Å². The second-order valence-electron chi connectivity index (χ2n) is 2.01. The maximum Gasteiger partial charge on any atom is 0.295 e. The first-order valence-electron chi connectivity index (χ1n) is 2.99. The first-order chi connectivity index (χ1) is 4.22. The van der Waals surface area contributed by atoms with Crippen molar-refractivity contribution in [2.75, 3.05) is 0 Å². The van der Waals surface area contributed by atoms with Gasteiger partial charge in [-0.2, -0.15) is 0 Å². The highest BCUT2D eigenvalue weighted by Gasteiger charge is 2.11. The number of carbonyl (C=O) groups excluding carboxylic acids is 1. The van der Waals surface area contributed by atoms with Gasteiger partial charge in [0.15, 0.2) is 0 Å². The predicted molar refractivity (Wildman–Crippen MR) is 32.6 cm³/mol. The molecule has 0 saturated carbocycles. The molecule has 3 nitrogen and oxygen atoms in total. The molecule has 9 heavy (non-hydrogen) atoms. The SMILES string of the molecule is CCC(C)C(O)OC=O. The van der Waals surface area contributed by atoms with Gasteiger partial charge in [-0.15, -0.1) is 0 Å². The number of hydrogen-bond acceptors (Lipinski definition) is 3. The van der Waals surface area contributed by atoms with Crippen LogP contribution in [0.1, 0.15) is 20.3 Å². The molecule has 0 radical (unpaired) electrons. The van der Waals surface area contributed by atoms with Crippen molar-refractivity contribution in [3.8, 4) is 0 Å². The lowest BCUT2D eigenvalue weighted by Crippen LogP contribution is -2.19. The van der Waals surface area contributed by atoms with Gasteiger partial charge in [-0.1, -0.05) is 13.8 Å². The van der Waals surface area contributed by atoms with Crippen LogP contribution in [0.4, 0.5) is 0 Å². The third-order valence-electron chi connectivity index (χ3n) is 1.33. The van der Waals surface area contributed by atoms with Gasteiger partial charge in [-0.05, 0) is 6.42 Å². The van der Waals surface area contributed by atoms with E-state index >= 15 is 0 Å². The summed E-state index contributed by atoms with van der Waals surface area (Å²) in [7, 11) is 0. The molecular weight excluding hydrogens is 120 g/mol. The molecule has 0 bridgehead atoms. The molecule has 0 aliphatic heterocycles. The summed E-state index contributed by atoms with van der Waals surface area (Å²) < 4.78 is 4.27. The summed E-state index contributed by atoms with van der Waals surface area (Å²) in [5.41, 5.74) is 0. The van der Waals surface area contributed by atoms with E-state index in [-0.39, 0.29) is 12.4 Å². The summed E-state index contributed by atoms with van der Waals surface area (Å²) in [6.45, 7) is 3.99. The smallest absolute Gasteiger partial charge is 0.295 e. The fraction of sp³-hybridized carbons (Fsp3) is 0.833. The van der Waals surface area contributed by atoms with Gasteiger partial charge in [0.05, 0.1) is 0 Å². The zero-order valence-corrected chi connectivity index (χ0v) is 5.70. The average molecular weight is 132 g/mol. The van der Waals surface area contributed by atoms with Crippen LogP contribution in [0.5, 0.6) is 0 Å². The monoisotopic (exact) mass is 132 g/mol. The van der Waals surface area contributed by atoms with Crippen molar-refractivity contribution in [3.05, 3.63) is 0 Å². The molecule has 0 heterocycles. The Morgan fingerprint density at radius 1 is 1.78 bits per heavy atom. The number of ether oxygens (including phenoxy) is 1. The Morgan fingerprint density at radius 2 is 2.33 bits per heavy atom. The van der Waals surface area contributed by atoms with E-state index in [1.807, 2.05) is 13.8 Å². The van der Waals surface area contributed by atoms with Crippen LogP contribution in [0, 0.1) is 5.92 Å². The minimum absolute atomic E-state index is 0.0233. The van der Waals surface area contributed by atoms with Crippen molar-refractivity contribution in [1.29, 1.82) is 0 Å². The van der Waals surface area contributed by atoms with E-state index in [4.69, 9.17) is 5.11 Å². The van der Waals surface area contributed by atoms with Crippen LogP contribution in [0.2, 0.25) is 0 Å². The van der Waals surface area contributed by atoms with Crippen molar-refractivity contribution < 1.29 is 14.6 Å². The molecule has 0 aromatic carbocycles. The third-order valence-corrected chi connectivity index (χ3v) is 1.33. The van der Waals surface area contributed by atoms with Gasteiger partial charge in [0.1, 0.15) is 0 Å². The zero-order valence-electron chi connectivity index (χ0n) is 5.70. The Kier molecular flexibility index (Phi) is 4.05. The summed E-state index contributed by atoms with van der Waals surface area (Å²) in [5, 5.41) is 8.86. The van der Waals surface area contributed by atoms with Crippen LogP contribution in [-0.4, -0.2) is 17.9 Å². The van der Waals surface area contributed by atoms with Crippen molar-refractivity contribution in [2.45, 2.75) is 26.6 Å². The van der Waals surface area contributed by atoms with Crippen molar-refractivity contribution in [1.82, 2.24) is 0 Å². The normalized spacial score (nSPS) is 16.3. The number of aliphatic hydroxyl groups is 1. The summed E-state index contributed by atoms with van der Waals surface area (Å²) >= 11 is 0. The Hall–Kier alpha value is -0.570. The fourth-order valence-electron chi connectivity index (χ4n) is 0.393. The maximum absolute atomic E-state index is 9.65. The molecular formula is C6H12O3. The Labute approximate surface area is 54.6 Å². The zero-order chi connectivity index (χ0) is 7.28. The summed E-state index contributed by atoms with van der Waals surface area (Å²) in [4.78, 5) is 9.65. The Balaban J connectivity index is 3.44. The van der Waals surface area contributed by atoms with E-state index in [2.05, 4.69) is 4.74 Å². The number of aliphatic hydroxyl groups excluding tert-OH is 1. The molecule has 54 valence electrons. The Bertz CT molecular complexity index is 82.4. The van der Waals surface area contributed by atoms with Crippen molar-refractivity contribution >= 4 is 6.47 Å². The molecule has 0 aliphatic carbocycles. The highest BCUT2D eigenvalue weighted by molar-refractivity contribution is 5.37. The lowest BCUT2D eigenvalue weighted by atomic mass is 10.1. The van der Waals surface area contributed by atoms with Crippen molar-refractivity contribution in [3.63, 3.8) is 0 Å². The average Bonchev–Trinajstić information content (AvgIpc) is 1.87. The summed E-state index contributed by atoms with van der Waals surface area (Å²) in [6, 6.07) is 0. The minimum atomic E-state index is -0.938. The fourth-order valence-corrected chi connectivity index (χ4v) is 0.393. The van der Waals surface area contributed by atoms with Gasteiger partial charge in [0.25, 0.3) is 6.47 Å². The maximum atomic E-state index is 9.65.